The van der Waals surface area contributed by atoms with Crippen LogP contribution in [-0.4, -0.2) is 42.4 Å². The van der Waals surface area contributed by atoms with Crippen molar-refractivity contribution in [1.82, 2.24) is 9.97 Å². The summed E-state index contributed by atoms with van der Waals surface area (Å²) in [5.41, 5.74) is 7.96. The molecule has 122 valence electrons. The average Bonchev–Trinajstić information content (AvgIpc) is 2.58. The predicted molar refractivity (Wildman–Crippen MR) is 84.2 cm³/mol. The maximum atomic E-state index is 13.9. The molecule has 0 aliphatic carbocycles. The van der Waals surface area contributed by atoms with Gasteiger partial charge in [0.05, 0.1) is 30.3 Å². The van der Waals surface area contributed by atoms with Crippen molar-refractivity contribution in [3.8, 4) is 5.88 Å². The smallest absolute Gasteiger partial charge is 0.258 e. The molecule has 0 spiro atoms. The fourth-order valence-corrected chi connectivity index (χ4v) is 3.16. The summed E-state index contributed by atoms with van der Waals surface area (Å²) in [6.07, 6.45) is 0.702. The SMILES string of the molecule is CC[C@@H](N)c1cc(F)cc2nc3c(nc12)N1CCOC[C@H]1CO3. The van der Waals surface area contributed by atoms with Gasteiger partial charge in [0, 0.05) is 18.7 Å². The summed E-state index contributed by atoms with van der Waals surface area (Å²) in [5.74, 6) is 0.802. The Labute approximate surface area is 133 Å². The van der Waals surface area contributed by atoms with E-state index in [1.807, 2.05) is 6.92 Å². The van der Waals surface area contributed by atoms with Crippen molar-refractivity contribution in [2.24, 2.45) is 5.73 Å². The van der Waals surface area contributed by atoms with E-state index in [-0.39, 0.29) is 17.9 Å². The quantitative estimate of drug-likeness (QED) is 0.910. The summed E-state index contributed by atoms with van der Waals surface area (Å²) in [6.45, 7) is 4.49. The van der Waals surface area contributed by atoms with Crippen LogP contribution in [0.2, 0.25) is 0 Å². The molecule has 2 aromatic rings. The van der Waals surface area contributed by atoms with E-state index in [1.165, 1.54) is 12.1 Å². The molecule has 7 heteroatoms. The van der Waals surface area contributed by atoms with Crippen LogP contribution >= 0.6 is 0 Å². The van der Waals surface area contributed by atoms with Gasteiger partial charge in [-0.2, -0.15) is 0 Å². The maximum Gasteiger partial charge on any atom is 0.258 e. The third-order valence-electron chi connectivity index (χ3n) is 4.47. The first-order chi connectivity index (χ1) is 11.2. The van der Waals surface area contributed by atoms with Gasteiger partial charge < -0.3 is 20.1 Å². The average molecular weight is 318 g/mol. The third-order valence-corrected chi connectivity index (χ3v) is 4.47. The van der Waals surface area contributed by atoms with Crippen molar-refractivity contribution >= 4 is 16.9 Å². The molecule has 0 saturated carbocycles. The molecule has 2 aliphatic rings. The van der Waals surface area contributed by atoms with Gasteiger partial charge in [-0.25, -0.2) is 14.4 Å². The van der Waals surface area contributed by atoms with Crippen LogP contribution in [0.5, 0.6) is 5.88 Å². The minimum absolute atomic E-state index is 0.145. The number of ether oxygens (including phenoxy) is 2. The highest BCUT2D eigenvalue weighted by molar-refractivity contribution is 5.82. The first-order valence-corrected chi connectivity index (χ1v) is 7.91. The highest BCUT2D eigenvalue weighted by Gasteiger charge is 2.33. The molecule has 0 amide bonds. The van der Waals surface area contributed by atoms with Crippen LogP contribution in [0.1, 0.15) is 24.9 Å². The van der Waals surface area contributed by atoms with E-state index in [2.05, 4.69) is 9.88 Å². The number of hydrogen-bond donors (Lipinski definition) is 1. The zero-order valence-corrected chi connectivity index (χ0v) is 13.0. The lowest BCUT2D eigenvalue weighted by Gasteiger charge is -2.39. The van der Waals surface area contributed by atoms with E-state index in [0.717, 1.165) is 6.54 Å². The molecule has 1 saturated heterocycles. The Hall–Kier alpha value is -1.99. The lowest BCUT2D eigenvalue weighted by Crippen LogP contribution is -2.51. The first kappa shape index (κ1) is 14.6. The van der Waals surface area contributed by atoms with Crippen molar-refractivity contribution in [3.05, 3.63) is 23.5 Å². The van der Waals surface area contributed by atoms with Crippen LogP contribution < -0.4 is 15.4 Å². The van der Waals surface area contributed by atoms with Crippen LogP contribution in [0.3, 0.4) is 0 Å². The molecule has 2 N–H and O–H groups in total. The monoisotopic (exact) mass is 318 g/mol. The van der Waals surface area contributed by atoms with Crippen molar-refractivity contribution in [3.63, 3.8) is 0 Å². The molecular weight excluding hydrogens is 299 g/mol. The Balaban J connectivity index is 1.90. The summed E-state index contributed by atoms with van der Waals surface area (Å²) in [5, 5.41) is 0. The number of halogens is 1. The number of morpholine rings is 1. The maximum absolute atomic E-state index is 13.9. The van der Waals surface area contributed by atoms with Crippen molar-refractivity contribution in [2.75, 3.05) is 31.3 Å². The van der Waals surface area contributed by atoms with Gasteiger partial charge in [-0.3, -0.25) is 0 Å². The number of nitrogens with two attached hydrogens (primary N) is 1. The van der Waals surface area contributed by atoms with Crippen LogP contribution in [0.15, 0.2) is 12.1 Å². The van der Waals surface area contributed by atoms with Crippen molar-refractivity contribution in [2.45, 2.75) is 25.4 Å². The minimum atomic E-state index is -0.356. The largest absolute Gasteiger partial charge is 0.473 e. The molecule has 1 aromatic carbocycles. The van der Waals surface area contributed by atoms with Gasteiger partial charge in [-0.05, 0) is 18.1 Å². The van der Waals surface area contributed by atoms with E-state index in [9.17, 15) is 4.39 Å². The van der Waals surface area contributed by atoms with Gasteiger partial charge in [0.2, 0.25) is 0 Å². The number of aromatic nitrogens is 2. The Bertz CT molecular complexity index is 754. The molecule has 23 heavy (non-hydrogen) atoms. The molecule has 3 heterocycles. The Kier molecular flexibility index (Phi) is 3.54. The lowest BCUT2D eigenvalue weighted by atomic mass is 10.0. The minimum Gasteiger partial charge on any atom is -0.473 e. The fraction of sp³-hybridized carbons (Fsp3) is 0.500. The molecule has 0 unspecified atom stereocenters. The summed E-state index contributed by atoms with van der Waals surface area (Å²) < 4.78 is 25.1. The molecule has 2 atom stereocenters. The molecule has 6 nitrogen and oxygen atoms in total. The predicted octanol–water partition coefficient (Wildman–Crippen LogP) is 1.78. The zero-order chi connectivity index (χ0) is 16.0. The second kappa shape index (κ2) is 5.58. The standard InChI is InChI=1S/C16H19FN4O2/c1-2-12(18)11-5-9(17)6-13-14(11)20-15-16(19-13)23-8-10-7-22-4-3-21(10)15/h5-6,10,12H,2-4,7-8,18H2,1H3/t10-,12+/m0/s1. The Morgan fingerprint density at radius 2 is 2.26 bits per heavy atom. The molecule has 0 bridgehead atoms. The van der Waals surface area contributed by atoms with E-state index in [0.29, 0.717) is 54.5 Å². The van der Waals surface area contributed by atoms with Crippen molar-refractivity contribution in [1.29, 1.82) is 0 Å². The highest BCUT2D eigenvalue weighted by atomic mass is 19.1. The summed E-state index contributed by atoms with van der Waals surface area (Å²) in [6, 6.07) is 2.71. The number of nitrogens with zero attached hydrogens (tertiary/aromatic N) is 3. The zero-order valence-electron chi connectivity index (χ0n) is 13.0. The number of fused-ring (bicyclic) bond motifs is 4. The Morgan fingerprint density at radius 1 is 1.39 bits per heavy atom. The number of anilines is 1. The summed E-state index contributed by atoms with van der Waals surface area (Å²) >= 11 is 0. The van der Waals surface area contributed by atoms with E-state index >= 15 is 0 Å². The number of rotatable bonds is 2. The van der Waals surface area contributed by atoms with Crippen molar-refractivity contribution < 1.29 is 13.9 Å². The van der Waals surface area contributed by atoms with E-state index in [4.69, 9.17) is 20.2 Å². The van der Waals surface area contributed by atoms with Gasteiger partial charge in [0.1, 0.15) is 12.4 Å². The normalized spacial score (nSPS) is 21.5. The van der Waals surface area contributed by atoms with Gasteiger partial charge in [0.25, 0.3) is 5.88 Å². The first-order valence-electron chi connectivity index (χ1n) is 7.91. The molecule has 2 aliphatic heterocycles. The van der Waals surface area contributed by atoms with Gasteiger partial charge in [-0.15, -0.1) is 0 Å². The van der Waals surface area contributed by atoms with Crippen LogP contribution in [-0.2, 0) is 4.74 Å². The summed E-state index contributed by atoms with van der Waals surface area (Å²) in [7, 11) is 0. The highest BCUT2D eigenvalue weighted by Crippen LogP contribution is 2.35. The summed E-state index contributed by atoms with van der Waals surface area (Å²) in [4.78, 5) is 11.4. The molecule has 0 radical (unpaired) electrons. The molecule has 1 aromatic heterocycles. The second-order valence-corrected chi connectivity index (χ2v) is 5.96. The topological polar surface area (TPSA) is 73.5 Å². The van der Waals surface area contributed by atoms with E-state index in [1.54, 1.807) is 0 Å². The van der Waals surface area contributed by atoms with Gasteiger partial charge in [0.15, 0.2) is 5.82 Å². The molecular formula is C16H19FN4O2. The number of hydrogen-bond acceptors (Lipinski definition) is 6. The van der Waals surface area contributed by atoms with Gasteiger partial charge in [-0.1, -0.05) is 6.92 Å². The second-order valence-electron chi connectivity index (χ2n) is 5.96. The molecule has 1 fully saturated rings. The van der Waals surface area contributed by atoms with Crippen LogP contribution in [0.4, 0.5) is 10.2 Å². The fourth-order valence-electron chi connectivity index (χ4n) is 3.16. The Morgan fingerprint density at radius 3 is 3.09 bits per heavy atom. The number of benzene rings is 1. The van der Waals surface area contributed by atoms with E-state index < -0.39 is 0 Å². The van der Waals surface area contributed by atoms with Crippen LogP contribution in [0, 0.1) is 5.82 Å². The lowest BCUT2D eigenvalue weighted by molar-refractivity contribution is 0.0686. The third kappa shape index (κ3) is 2.40. The van der Waals surface area contributed by atoms with Gasteiger partial charge >= 0.3 is 0 Å². The van der Waals surface area contributed by atoms with Crippen LogP contribution in [0.25, 0.3) is 11.0 Å². The molecule has 4 rings (SSSR count).